The Kier molecular flexibility index (Phi) is 7.14. The average Bonchev–Trinajstić information content (AvgIpc) is 3.11. The van der Waals surface area contributed by atoms with Crippen LogP contribution in [0.25, 0.3) is 0 Å². The quantitative estimate of drug-likeness (QED) is 0.683. The summed E-state index contributed by atoms with van der Waals surface area (Å²) in [5.74, 6) is -1.40. The molecule has 170 valence electrons. The van der Waals surface area contributed by atoms with Crippen LogP contribution in [0, 0.1) is 17.6 Å². The van der Waals surface area contributed by atoms with E-state index in [-0.39, 0.29) is 36.9 Å². The first kappa shape index (κ1) is 23.0. The SMILES string of the molecule is COC(=O)N1CCN(c2c(F)cc(N3C[C@H](CNC(=S)C(C)C)OC3=O)cc2F)CC1. The normalized spacial score (nSPS) is 19.0. The summed E-state index contributed by atoms with van der Waals surface area (Å²) in [7, 11) is 1.29. The van der Waals surface area contributed by atoms with E-state index in [1.807, 2.05) is 13.8 Å². The van der Waals surface area contributed by atoms with Crippen molar-refractivity contribution < 1.29 is 27.8 Å². The van der Waals surface area contributed by atoms with Gasteiger partial charge in [-0.15, -0.1) is 0 Å². The number of carbonyl (C=O) groups excluding carboxylic acids is 2. The zero-order chi connectivity index (χ0) is 22.7. The van der Waals surface area contributed by atoms with Crippen LogP contribution >= 0.6 is 12.2 Å². The summed E-state index contributed by atoms with van der Waals surface area (Å²) in [6.07, 6.45) is -1.62. The molecule has 1 aromatic rings. The van der Waals surface area contributed by atoms with Gasteiger partial charge in [0.15, 0.2) is 11.6 Å². The van der Waals surface area contributed by atoms with E-state index in [0.717, 1.165) is 12.1 Å². The Morgan fingerprint density at radius 2 is 1.87 bits per heavy atom. The van der Waals surface area contributed by atoms with Gasteiger partial charge in [-0.1, -0.05) is 26.1 Å². The second-order valence-corrected chi connectivity index (χ2v) is 8.16. The lowest BCUT2D eigenvalue weighted by molar-refractivity contribution is 0.121. The monoisotopic (exact) mass is 456 g/mol. The molecule has 8 nitrogen and oxygen atoms in total. The summed E-state index contributed by atoms with van der Waals surface area (Å²) in [5.41, 5.74) is -0.0905. The van der Waals surface area contributed by atoms with Gasteiger partial charge in [-0.05, 0) is 0 Å². The predicted molar refractivity (Wildman–Crippen MR) is 116 cm³/mol. The highest BCUT2D eigenvalue weighted by Crippen LogP contribution is 2.31. The maximum Gasteiger partial charge on any atom is 0.414 e. The fraction of sp³-hybridized carbons (Fsp3) is 0.550. The van der Waals surface area contributed by atoms with Gasteiger partial charge in [-0.2, -0.15) is 0 Å². The Morgan fingerprint density at radius 1 is 1.26 bits per heavy atom. The Labute approximate surface area is 185 Å². The topological polar surface area (TPSA) is 74.3 Å². The van der Waals surface area contributed by atoms with Gasteiger partial charge in [0.2, 0.25) is 0 Å². The molecule has 0 aliphatic carbocycles. The number of carbonyl (C=O) groups is 2. The molecule has 0 spiro atoms. The summed E-state index contributed by atoms with van der Waals surface area (Å²) >= 11 is 5.21. The standard InChI is InChI=1S/C20H26F2N4O4S/c1-12(2)18(31)23-10-14-11-26(20(28)30-14)13-8-15(21)17(16(22)9-13)24-4-6-25(7-5-24)19(27)29-3/h8-9,12,14H,4-7,10-11H2,1-3H3,(H,23,31)/t14-/m0/s1. The summed E-state index contributed by atoms with van der Waals surface area (Å²) in [4.78, 5) is 28.7. The number of anilines is 2. The zero-order valence-electron chi connectivity index (χ0n) is 17.7. The lowest BCUT2D eigenvalue weighted by atomic mass is 10.2. The lowest BCUT2D eigenvalue weighted by Gasteiger charge is -2.35. The molecular weight excluding hydrogens is 430 g/mol. The van der Waals surface area contributed by atoms with E-state index in [9.17, 15) is 18.4 Å². The summed E-state index contributed by atoms with van der Waals surface area (Å²) in [5, 5.41) is 3.04. The first-order valence-electron chi connectivity index (χ1n) is 10.0. The van der Waals surface area contributed by atoms with Crippen LogP contribution in [0.2, 0.25) is 0 Å². The molecule has 0 aromatic heterocycles. The van der Waals surface area contributed by atoms with Gasteiger partial charge in [0.1, 0.15) is 11.8 Å². The molecule has 2 heterocycles. The van der Waals surface area contributed by atoms with Gasteiger partial charge in [0.05, 0.1) is 30.9 Å². The van der Waals surface area contributed by atoms with Gasteiger partial charge in [-0.25, -0.2) is 18.4 Å². The number of hydrogen-bond donors (Lipinski definition) is 1. The van der Waals surface area contributed by atoms with Crippen LogP contribution in [0.15, 0.2) is 12.1 Å². The number of benzene rings is 1. The number of piperazine rings is 1. The van der Waals surface area contributed by atoms with Crippen LogP contribution < -0.4 is 15.1 Å². The number of methoxy groups -OCH3 is 1. The summed E-state index contributed by atoms with van der Waals surface area (Å²) in [6.45, 7) is 5.48. The second-order valence-electron chi connectivity index (χ2n) is 7.72. The molecule has 2 aliphatic rings. The Morgan fingerprint density at radius 3 is 2.42 bits per heavy atom. The molecule has 0 saturated carbocycles. The van der Waals surface area contributed by atoms with Crippen LogP contribution in [0.1, 0.15) is 13.8 Å². The number of halogens is 2. The molecule has 2 fully saturated rings. The molecule has 1 N–H and O–H groups in total. The van der Waals surface area contributed by atoms with Gasteiger partial charge in [-0.3, -0.25) is 4.90 Å². The van der Waals surface area contributed by atoms with Crippen molar-refractivity contribution in [2.24, 2.45) is 5.92 Å². The molecule has 2 saturated heterocycles. The highest BCUT2D eigenvalue weighted by molar-refractivity contribution is 7.80. The third-order valence-corrected chi connectivity index (χ3v) is 5.86. The third kappa shape index (κ3) is 5.15. The number of rotatable bonds is 5. The van der Waals surface area contributed by atoms with Crippen LogP contribution in [0.5, 0.6) is 0 Å². The van der Waals surface area contributed by atoms with Crippen LogP contribution in [0.3, 0.4) is 0 Å². The van der Waals surface area contributed by atoms with Crippen LogP contribution in [0.4, 0.5) is 29.7 Å². The van der Waals surface area contributed by atoms with Crippen molar-refractivity contribution in [1.82, 2.24) is 10.2 Å². The van der Waals surface area contributed by atoms with Gasteiger partial charge in [0.25, 0.3) is 0 Å². The predicted octanol–water partition coefficient (Wildman–Crippen LogP) is 2.75. The number of amides is 2. The number of nitrogens with one attached hydrogen (secondary N) is 1. The number of ether oxygens (including phenoxy) is 2. The molecule has 31 heavy (non-hydrogen) atoms. The Bertz CT molecular complexity index is 839. The zero-order valence-corrected chi connectivity index (χ0v) is 18.5. The Hall–Kier alpha value is -2.69. The van der Waals surface area contributed by atoms with Crippen LogP contribution in [-0.4, -0.2) is 74.6 Å². The number of cyclic esters (lactones) is 1. The molecule has 1 atom stereocenters. The molecule has 2 amide bonds. The lowest BCUT2D eigenvalue weighted by Crippen LogP contribution is -2.49. The number of nitrogens with zero attached hydrogens (tertiary/aromatic N) is 3. The first-order valence-corrected chi connectivity index (χ1v) is 10.4. The minimum atomic E-state index is -0.781. The minimum Gasteiger partial charge on any atom is -0.453 e. The van der Waals surface area contributed by atoms with Gasteiger partial charge >= 0.3 is 12.2 Å². The highest BCUT2D eigenvalue weighted by atomic mass is 32.1. The number of hydrogen-bond acceptors (Lipinski definition) is 6. The average molecular weight is 457 g/mol. The van der Waals surface area contributed by atoms with E-state index in [2.05, 4.69) is 10.1 Å². The number of thiocarbonyl (C=S) groups is 1. The molecule has 3 rings (SSSR count). The molecular formula is C20H26F2N4O4S. The minimum absolute atomic E-state index is 0.0888. The molecule has 0 bridgehead atoms. The smallest absolute Gasteiger partial charge is 0.414 e. The fourth-order valence-electron chi connectivity index (χ4n) is 3.51. The Balaban J connectivity index is 1.67. The summed E-state index contributed by atoms with van der Waals surface area (Å²) < 4.78 is 39.6. The maximum atomic E-state index is 14.8. The van der Waals surface area contributed by atoms with Gasteiger partial charge < -0.3 is 24.6 Å². The van der Waals surface area contributed by atoms with E-state index in [0.29, 0.717) is 24.6 Å². The van der Waals surface area contributed by atoms with E-state index < -0.39 is 29.9 Å². The van der Waals surface area contributed by atoms with Crippen molar-refractivity contribution in [2.45, 2.75) is 20.0 Å². The van der Waals surface area contributed by atoms with E-state index in [1.54, 1.807) is 0 Å². The second kappa shape index (κ2) is 9.63. The van der Waals surface area contributed by atoms with Crippen molar-refractivity contribution in [3.05, 3.63) is 23.8 Å². The fourth-order valence-corrected chi connectivity index (χ4v) is 3.59. The maximum absolute atomic E-state index is 14.8. The summed E-state index contributed by atoms with van der Waals surface area (Å²) in [6, 6.07) is 2.25. The van der Waals surface area contributed by atoms with E-state index >= 15 is 0 Å². The van der Waals surface area contributed by atoms with Crippen molar-refractivity contribution in [1.29, 1.82) is 0 Å². The van der Waals surface area contributed by atoms with Gasteiger partial charge in [0, 0.05) is 44.2 Å². The van der Waals surface area contributed by atoms with E-state index in [1.165, 1.54) is 21.8 Å². The van der Waals surface area contributed by atoms with Crippen molar-refractivity contribution in [3.8, 4) is 0 Å². The van der Waals surface area contributed by atoms with Crippen molar-refractivity contribution >= 4 is 40.8 Å². The van der Waals surface area contributed by atoms with Crippen molar-refractivity contribution in [2.75, 3.05) is 56.2 Å². The first-order chi connectivity index (χ1) is 14.7. The molecule has 2 aliphatic heterocycles. The third-order valence-electron chi connectivity index (χ3n) is 5.24. The van der Waals surface area contributed by atoms with Crippen LogP contribution in [-0.2, 0) is 9.47 Å². The molecule has 1 aromatic carbocycles. The molecule has 0 unspecified atom stereocenters. The molecule has 11 heteroatoms. The molecule has 0 radical (unpaired) electrons. The highest BCUT2D eigenvalue weighted by Gasteiger charge is 2.34. The van der Waals surface area contributed by atoms with Crippen molar-refractivity contribution in [3.63, 3.8) is 0 Å². The largest absolute Gasteiger partial charge is 0.453 e. The van der Waals surface area contributed by atoms with E-state index in [4.69, 9.17) is 17.0 Å².